The Morgan fingerprint density at radius 2 is 2.19 bits per heavy atom. The molecule has 1 aliphatic rings. The minimum atomic E-state index is 0.305. The standard InChI is InChI=1S/C20H33N3O2S/c1-4-21-20(22-12-6-13-24-16-18-7-5-14-25-18)23(2)15-17-8-10-19(26-3)11-9-17/h8-11,18H,4-7,12-16H2,1-3H3,(H,21,22). The van der Waals surface area contributed by atoms with Crippen LogP contribution in [0.25, 0.3) is 0 Å². The van der Waals surface area contributed by atoms with E-state index in [-0.39, 0.29) is 0 Å². The van der Waals surface area contributed by atoms with Crippen molar-refractivity contribution < 1.29 is 9.47 Å². The van der Waals surface area contributed by atoms with Gasteiger partial charge < -0.3 is 19.7 Å². The van der Waals surface area contributed by atoms with Crippen molar-refractivity contribution in [2.45, 2.75) is 43.7 Å². The Morgan fingerprint density at radius 3 is 2.85 bits per heavy atom. The van der Waals surface area contributed by atoms with Crippen molar-refractivity contribution >= 4 is 17.7 Å². The molecule has 0 radical (unpaired) electrons. The van der Waals surface area contributed by atoms with Gasteiger partial charge in [-0.1, -0.05) is 12.1 Å². The summed E-state index contributed by atoms with van der Waals surface area (Å²) in [5, 5.41) is 3.37. The van der Waals surface area contributed by atoms with E-state index in [9.17, 15) is 0 Å². The molecule has 0 aromatic heterocycles. The molecular weight excluding hydrogens is 346 g/mol. The molecule has 0 saturated carbocycles. The lowest BCUT2D eigenvalue weighted by Gasteiger charge is -2.22. The molecule has 146 valence electrons. The number of guanidine groups is 1. The first-order valence-corrected chi connectivity index (χ1v) is 10.8. The maximum atomic E-state index is 5.71. The SMILES string of the molecule is CCNC(=NCCCOCC1CCCO1)N(C)Cc1ccc(SC)cc1. The van der Waals surface area contributed by atoms with Crippen LogP contribution in [0.1, 0.15) is 31.7 Å². The Balaban J connectivity index is 1.72. The first kappa shape index (κ1) is 21.1. The minimum absolute atomic E-state index is 0.305. The number of nitrogens with zero attached hydrogens (tertiary/aromatic N) is 2. The molecule has 1 aliphatic heterocycles. The van der Waals surface area contributed by atoms with Gasteiger partial charge >= 0.3 is 0 Å². The van der Waals surface area contributed by atoms with Gasteiger partial charge in [-0.25, -0.2) is 0 Å². The number of nitrogens with one attached hydrogen (secondary N) is 1. The second kappa shape index (κ2) is 12.2. The van der Waals surface area contributed by atoms with Crippen LogP contribution in [0.2, 0.25) is 0 Å². The van der Waals surface area contributed by atoms with E-state index in [1.165, 1.54) is 10.5 Å². The van der Waals surface area contributed by atoms with E-state index in [1.54, 1.807) is 11.8 Å². The van der Waals surface area contributed by atoms with E-state index in [0.29, 0.717) is 6.10 Å². The molecule has 0 spiro atoms. The number of aliphatic imine (C=N–C) groups is 1. The average Bonchev–Trinajstić information content (AvgIpc) is 3.17. The summed E-state index contributed by atoms with van der Waals surface area (Å²) in [5.41, 5.74) is 1.29. The van der Waals surface area contributed by atoms with Crippen molar-refractivity contribution in [3.05, 3.63) is 29.8 Å². The smallest absolute Gasteiger partial charge is 0.193 e. The zero-order valence-electron chi connectivity index (χ0n) is 16.4. The molecule has 0 amide bonds. The molecule has 1 aromatic carbocycles. The predicted octanol–water partition coefficient (Wildman–Crippen LogP) is 3.39. The van der Waals surface area contributed by atoms with Crippen molar-refractivity contribution in [1.29, 1.82) is 0 Å². The van der Waals surface area contributed by atoms with Gasteiger partial charge in [0.25, 0.3) is 0 Å². The third-order valence-electron chi connectivity index (χ3n) is 4.31. The third kappa shape index (κ3) is 7.56. The van der Waals surface area contributed by atoms with Crippen LogP contribution in [0.15, 0.2) is 34.2 Å². The van der Waals surface area contributed by atoms with Crippen LogP contribution in [-0.4, -0.2) is 63.2 Å². The molecule has 1 N–H and O–H groups in total. The Hall–Kier alpha value is -1.24. The van der Waals surface area contributed by atoms with Gasteiger partial charge in [-0.15, -0.1) is 11.8 Å². The molecular formula is C20H33N3O2S. The summed E-state index contributed by atoms with van der Waals surface area (Å²) in [7, 11) is 2.08. The molecule has 26 heavy (non-hydrogen) atoms. The average molecular weight is 380 g/mol. The Kier molecular flexibility index (Phi) is 9.89. The first-order valence-electron chi connectivity index (χ1n) is 9.54. The normalized spacial score (nSPS) is 17.5. The first-order chi connectivity index (χ1) is 12.7. The fourth-order valence-electron chi connectivity index (χ4n) is 2.89. The molecule has 1 unspecified atom stereocenters. The number of benzene rings is 1. The summed E-state index contributed by atoms with van der Waals surface area (Å²) >= 11 is 1.77. The lowest BCUT2D eigenvalue weighted by molar-refractivity contribution is 0.0170. The van der Waals surface area contributed by atoms with E-state index in [0.717, 1.165) is 64.7 Å². The quantitative estimate of drug-likeness (QED) is 0.292. The minimum Gasteiger partial charge on any atom is -0.379 e. The highest BCUT2D eigenvalue weighted by Crippen LogP contribution is 2.15. The lowest BCUT2D eigenvalue weighted by atomic mass is 10.2. The number of ether oxygens (including phenoxy) is 2. The predicted molar refractivity (Wildman–Crippen MR) is 110 cm³/mol. The van der Waals surface area contributed by atoms with E-state index >= 15 is 0 Å². The van der Waals surface area contributed by atoms with E-state index in [1.807, 2.05) is 0 Å². The molecule has 1 heterocycles. The van der Waals surface area contributed by atoms with Crippen molar-refractivity contribution in [2.24, 2.45) is 4.99 Å². The van der Waals surface area contributed by atoms with Crippen molar-refractivity contribution in [1.82, 2.24) is 10.2 Å². The van der Waals surface area contributed by atoms with Gasteiger partial charge in [0.05, 0.1) is 12.7 Å². The molecule has 0 bridgehead atoms. The van der Waals surface area contributed by atoms with Crippen molar-refractivity contribution in [3.8, 4) is 0 Å². The van der Waals surface area contributed by atoms with Gasteiger partial charge in [0.1, 0.15) is 0 Å². The topological polar surface area (TPSA) is 46.1 Å². The maximum Gasteiger partial charge on any atom is 0.193 e. The van der Waals surface area contributed by atoms with E-state index in [2.05, 4.69) is 54.7 Å². The largest absolute Gasteiger partial charge is 0.379 e. The summed E-state index contributed by atoms with van der Waals surface area (Å²) in [6.45, 7) is 6.92. The summed E-state index contributed by atoms with van der Waals surface area (Å²) in [4.78, 5) is 8.19. The molecule has 0 aliphatic carbocycles. The van der Waals surface area contributed by atoms with Crippen LogP contribution >= 0.6 is 11.8 Å². The molecule has 1 saturated heterocycles. The van der Waals surface area contributed by atoms with Crippen LogP contribution in [0.3, 0.4) is 0 Å². The van der Waals surface area contributed by atoms with E-state index < -0.39 is 0 Å². The fraction of sp³-hybridized carbons (Fsp3) is 0.650. The fourth-order valence-corrected chi connectivity index (χ4v) is 3.30. The number of thioether (sulfide) groups is 1. The summed E-state index contributed by atoms with van der Waals surface area (Å²) in [6, 6.07) is 8.71. The van der Waals surface area contributed by atoms with Gasteiger partial charge in [-0.3, -0.25) is 4.99 Å². The highest BCUT2D eigenvalue weighted by atomic mass is 32.2. The highest BCUT2D eigenvalue weighted by molar-refractivity contribution is 7.98. The van der Waals surface area contributed by atoms with Gasteiger partial charge in [0.15, 0.2) is 5.96 Å². The van der Waals surface area contributed by atoms with Gasteiger partial charge in [-0.05, 0) is 50.1 Å². The zero-order valence-corrected chi connectivity index (χ0v) is 17.2. The number of hydrogen-bond acceptors (Lipinski definition) is 4. The Bertz CT molecular complexity index is 530. The Labute approximate surface area is 162 Å². The molecule has 1 atom stereocenters. The second-order valence-electron chi connectivity index (χ2n) is 6.50. The monoisotopic (exact) mass is 379 g/mol. The van der Waals surface area contributed by atoms with Crippen LogP contribution in [0, 0.1) is 0 Å². The zero-order chi connectivity index (χ0) is 18.6. The summed E-state index contributed by atoms with van der Waals surface area (Å²) in [5.74, 6) is 0.945. The van der Waals surface area contributed by atoms with Crippen LogP contribution in [-0.2, 0) is 16.0 Å². The molecule has 6 heteroatoms. The van der Waals surface area contributed by atoms with Crippen molar-refractivity contribution in [3.63, 3.8) is 0 Å². The maximum absolute atomic E-state index is 5.71. The van der Waals surface area contributed by atoms with Crippen LogP contribution in [0.5, 0.6) is 0 Å². The van der Waals surface area contributed by atoms with E-state index in [4.69, 9.17) is 14.5 Å². The van der Waals surface area contributed by atoms with Gasteiger partial charge in [0, 0.05) is 44.8 Å². The van der Waals surface area contributed by atoms with Gasteiger partial charge in [0.2, 0.25) is 0 Å². The van der Waals surface area contributed by atoms with Crippen molar-refractivity contribution in [2.75, 3.05) is 46.2 Å². The molecule has 1 aromatic rings. The Morgan fingerprint density at radius 1 is 1.38 bits per heavy atom. The molecule has 1 fully saturated rings. The lowest BCUT2D eigenvalue weighted by Crippen LogP contribution is -2.38. The summed E-state index contributed by atoms with van der Waals surface area (Å²) < 4.78 is 11.3. The number of rotatable bonds is 10. The summed E-state index contributed by atoms with van der Waals surface area (Å²) in [6.07, 6.45) is 5.63. The van der Waals surface area contributed by atoms with Gasteiger partial charge in [-0.2, -0.15) is 0 Å². The number of hydrogen-bond donors (Lipinski definition) is 1. The third-order valence-corrected chi connectivity index (χ3v) is 5.05. The molecule has 2 rings (SSSR count). The van der Waals surface area contributed by atoms with Crippen LogP contribution < -0.4 is 5.32 Å². The van der Waals surface area contributed by atoms with Crippen LogP contribution in [0.4, 0.5) is 0 Å². The second-order valence-corrected chi connectivity index (χ2v) is 7.38. The molecule has 5 nitrogen and oxygen atoms in total. The highest BCUT2D eigenvalue weighted by Gasteiger charge is 2.14.